The number of hydrogen-bond donors (Lipinski definition) is 1. The van der Waals surface area contributed by atoms with Crippen LogP contribution in [0.15, 0.2) is 83.5 Å². The topological polar surface area (TPSA) is 111 Å². The molecule has 0 spiro atoms. The van der Waals surface area contributed by atoms with E-state index in [4.69, 9.17) is 25.8 Å². The van der Waals surface area contributed by atoms with Gasteiger partial charge >= 0.3 is 11.9 Å². The Labute approximate surface area is 223 Å². The van der Waals surface area contributed by atoms with Gasteiger partial charge in [0, 0.05) is 11.8 Å². The van der Waals surface area contributed by atoms with Crippen molar-refractivity contribution in [3.05, 3.63) is 94.7 Å². The molecule has 0 saturated heterocycles. The zero-order valence-corrected chi connectivity index (χ0v) is 21.4. The largest absolute Gasteiger partial charge is 0.497 e. The number of nitrogens with one attached hydrogen (secondary N) is 1. The van der Waals surface area contributed by atoms with Gasteiger partial charge in [0.05, 0.1) is 30.0 Å². The Bertz CT molecular complexity index is 1430. The number of methoxy groups -OCH3 is 1. The van der Waals surface area contributed by atoms with Crippen LogP contribution in [0, 0.1) is 0 Å². The van der Waals surface area contributed by atoms with Crippen LogP contribution < -0.4 is 19.7 Å². The molecule has 0 aromatic heterocycles. The lowest BCUT2D eigenvalue weighted by molar-refractivity contribution is -0.120. The first kappa shape index (κ1) is 26.4. The van der Waals surface area contributed by atoms with Gasteiger partial charge in [0.25, 0.3) is 11.8 Å². The number of carbonyl (C=O) groups is 4. The van der Waals surface area contributed by atoms with Crippen LogP contribution in [0.25, 0.3) is 0 Å². The Morgan fingerprint density at radius 1 is 0.842 bits per heavy atom. The summed E-state index contributed by atoms with van der Waals surface area (Å²) in [6.45, 7) is 3.47. The Balaban J connectivity index is 1.44. The molecule has 1 aliphatic heterocycles. The van der Waals surface area contributed by atoms with E-state index in [1.54, 1.807) is 50.2 Å². The Morgan fingerprint density at radius 2 is 1.45 bits per heavy atom. The Kier molecular flexibility index (Phi) is 7.78. The van der Waals surface area contributed by atoms with E-state index in [0.29, 0.717) is 17.2 Å². The van der Waals surface area contributed by atoms with Crippen molar-refractivity contribution in [3.63, 3.8) is 0 Å². The number of esters is 2. The van der Waals surface area contributed by atoms with Crippen molar-refractivity contribution in [2.75, 3.05) is 17.3 Å². The van der Waals surface area contributed by atoms with Crippen molar-refractivity contribution in [1.29, 1.82) is 0 Å². The van der Waals surface area contributed by atoms with Gasteiger partial charge < -0.3 is 19.5 Å². The van der Waals surface area contributed by atoms with E-state index in [1.165, 1.54) is 43.5 Å². The molecule has 3 aromatic carbocycles. The molecule has 0 bridgehead atoms. The van der Waals surface area contributed by atoms with Crippen LogP contribution in [0.1, 0.15) is 34.6 Å². The fourth-order valence-corrected chi connectivity index (χ4v) is 3.75. The molecule has 9 nitrogen and oxygen atoms in total. The number of benzene rings is 3. The van der Waals surface area contributed by atoms with Crippen molar-refractivity contribution >= 4 is 46.7 Å². The van der Waals surface area contributed by atoms with Crippen molar-refractivity contribution in [2.24, 2.45) is 0 Å². The average Bonchev–Trinajstić information content (AvgIpc) is 3.11. The van der Waals surface area contributed by atoms with Gasteiger partial charge in [-0.3, -0.25) is 9.59 Å². The zero-order chi connectivity index (χ0) is 27.4. The summed E-state index contributed by atoms with van der Waals surface area (Å²) in [7, 11) is 1.51. The second kappa shape index (κ2) is 11.2. The molecule has 0 fully saturated rings. The highest BCUT2D eigenvalue weighted by Crippen LogP contribution is 2.30. The monoisotopic (exact) mass is 534 g/mol. The van der Waals surface area contributed by atoms with Gasteiger partial charge in [-0.25, -0.2) is 14.5 Å². The molecule has 0 saturated carbocycles. The second-order valence-corrected chi connectivity index (χ2v) is 8.78. The number of hydrogen-bond acceptors (Lipinski definition) is 8. The molecule has 1 aliphatic rings. The maximum atomic E-state index is 13.1. The number of ether oxygens (including phenoxy) is 3. The molecule has 0 radical (unpaired) electrons. The summed E-state index contributed by atoms with van der Waals surface area (Å²) in [4.78, 5) is 51.3. The molecule has 194 valence electrons. The van der Waals surface area contributed by atoms with Gasteiger partial charge in [0.15, 0.2) is 0 Å². The lowest BCUT2D eigenvalue weighted by atomic mass is 10.2. The first-order valence-corrected chi connectivity index (χ1v) is 11.9. The van der Waals surface area contributed by atoms with E-state index in [-0.39, 0.29) is 33.6 Å². The smallest absolute Gasteiger partial charge is 0.343 e. The predicted molar refractivity (Wildman–Crippen MR) is 140 cm³/mol. The summed E-state index contributed by atoms with van der Waals surface area (Å²) in [6, 6.07) is 18.6. The van der Waals surface area contributed by atoms with Gasteiger partial charge in [-0.1, -0.05) is 17.7 Å². The summed E-state index contributed by atoms with van der Waals surface area (Å²) < 4.78 is 15.6. The minimum atomic E-state index is -0.713. The Morgan fingerprint density at radius 3 is 2.08 bits per heavy atom. The van der Waals surface area contributed by atoms with Crippen LogP contribution >= 0.6 is 11.6 Å². The summed E-state index contributed by atoms with van der Waals surface area (Å²) in [5.41, 5.74) is 1.10. The Hall–Kier alpha value is -4.63. The SMILES string of the molecule is COc1cccc(OC(=O)c2ccc(NC3=C(Cl)C(=O)N(c4ccc(C(=O)OC(C)C)cc4)C3=O)cc2)c1. The molecule has 2 amide bonds. The van der Waals surface area contributed by atoms with Crippen molar-refractivity contribution < 1.29 is 33.4 Å². The van der Waals surface area contributed by atoms with E-state index in [0.717, 1.165) is 4.90 Å². The molecular formula is C28H23ClN2O7. The van der Waals surface area contributed by atoms with Crippen LogP contribution in [0.4, 0.5) is 11.4 Å². The zero-order valence-electron chi connectivity index (χ0n) is 20.7. The summed E-state index contributed by atoms with van der Waals surface area (Å²) >= 11 is 6.20. The van der Waals surface area contributed by atoms with Gasteiger partial charge in [-0.05, 0) is 74.5 Å². The number of carbonyl (C=O) groups excluding carboxylic acids is 4. The summed E-state index contributed by atoms with van der Waals surface area (Å²) in [5.74, 6) is -1.60. The van der Waals surface area contributed by atoms with E-state index in [2.05, 4.69) is 5.32 Å². The standard InChI is InChI=1S/C28H23ClN2O7/c1-16(2)37-27(34)18-9-13-20(14-10-18)31-25(32)23(29)24(26(31)33)30-19-11-7-17(8-12-19)28(35)38-22-6-4-5-21(15-22)36-3/h4-16,30H,1-3H3. The van der Waals surface area contributed by atoms with Crippen LogP contribution in [0.2, 0.25) is 0 Å². The number of nitrogens with zero attached hydrogens (tertiary/aromatic N) is 1. The number of imide groups is 1. The molecule has 1 N–H and O–H groups in total. The maximum absolute atomic E-state index is 13.1. The van der Waals surface area contributed by atoms with Crippen LogP contribution in [-0.4, -0.2) is 37.0 Å². The molecule has 10 heteroatoms. The third-order valence-electron chi connectivity index (χ3n) is 5.37. The third-order valence-corrected chi connectivity index (χ3v) is 5.72. The lowest BCUT2D eigenvalue weighted by Crippen LogP contribution is -2.32. The van der Waals surface area contributed by atoms with Gasteiger partial charge in [-0.15, -0.1) is 0 Å². The number of amides is 2. The van der Waals surface area contributed by atoms with Gasteiger partial charge in [0.2, 0.25) is 0 Å². The molecule has 4 rings (SSSR count). The van der Waals surface area contributed by atoms with E-state index >= 15 is 0 Å². The molecule has 38 heavy (non-hydrogen) atoms. The molecule has 0 atom stereocenters. The summed E-state index contributed by atoms with van der Waals surface area (Å²) in [5, 5.41) is 2.55. The predicted octanol–water partition coefficient (Wildman–Crippen LogP) is 4.92. The molecule has 0 aliphatic carbocycles. The third kappa shape index (κ3) is 5.68. The lowest BCUT2D eigenvalue weighted by Gasteiger charge is -2.16. The van der Waals surface area contributed by atoms with E-state index < -0.39 is 23.8 Å². The normalized spacial score (nSPS) is 13.1. The quantitative estimate of drug-likeness (QED) is 0.246. The molecule has 0 unspecified atom stereocenters. The fourth-order valence-electron chi connectivity index (χ4n) is 3.54. The van der Waals surface area contributed by atoms with E-state index in [1.807, 2.05) is 0 Å². The average molecular weight is 535 g/mol. The highest BCUT2D eigenvalue weighted by Gasteiger charge is 2.39. The maximum Gasteiger partial charge on any atom is 0.343 e. The minimum absolute atomic E-state index is 0.119. The number of rotatable bonds is 8. The first-order valence-electron chi connectivity index (χ1n) is 11.5. The van der Waals surface area contributed by atoms with Gasteiger partial charge in [0.1, 0.15) is 22.2 Å². The van der Waals surface area contributed by atoms with Crippen molar-refractivity contribution in [1.82, 2.24) is 0 Å². The summed E-state index contributed by atoms with van der Waals surface area (Å²) in [6.07, 6.45) is -0.284. The highest BCUT2D eigenvalue weighted by molar-refractivity contribution is 6.53. The van der Waals surface area contributed by atoms with Crippen LogP contribution in [0.5, 0.6) is 11.5 Å². The fraction of sp³-hybridized carbons (Fsp3) is 0.143. The van der Waals surface area contributed by atoms with Crippen molar-refractivity contribution in [3.8, 4) is 11.5 Å². The number of halogens is 1. The van der Waals surface area contributed by atoms with E-state index in [9.17, 15) is 19.2 Å². The van der Waals surface area contributed by atoms with Gasteiger partial charge in [-0.2, -0.15) is 0 Å². The van der Waals surface area contributed by atoms with Crippen LogP contribution in [-0.2, 0) is 14.3 Å². The minimum Gasteiger partial charge on any atom is -0.497 e. The molecular weight excluding hydrogens is 512 g/mol. The molecule has 3 aromatic rings. The highest BCUT2D eigenvalue weighted by atomic mass is 35.5. The van der Waals surface area contributed by atoms with Crippen molar-refractivity contribution in [2.45, 2.75) is 20.0 Å². The number of anilines is 2. The van der Waals surface area contributed by atoms with Crippen LogP contribution in [0.3, 0.4) is 0 Å². The molecule has 1 heterocycles. The second-order valence-electron chi connectivity index (χ2n) is 8.41. The first-order chi connectivity index (χ1) is 18.2.